The van der Waals surface area contributed by atoms with Crippen molar-refractivity contribution in [3.63, 3.8) is 0 Å². The average Bonchev–Trinajstić information content (AvgIpc) is 2.33. The molecule has 1 aliphatic rings. The van der Waals surface area contributed by atoms with E-state index < -0.39 is 16.7 Å². The highest BCUT2D eigenvalue weighted by Crippen LogP contribution is 2.27. The molecule has 1 aromatic carbocycles. The highest BCUT2D eigenvalue weighted by Gasteiger charge is 2.29. The van der Waals surface area contributed by atoms with Crippen LogP contribution in [-0.4, -0.2) is 23.8 Å². The fourth-order valence-corrected chi connectivity index (χ4v) is 1.66. The van der Waals surface area contributed by atoms with Gasteiger partial charge in [-0.2, -0.15) is 0 Å². The summed E-state index contributed by atoms with van der Waals surface area (Å²) in [6.07, 6.45) is 1.14. The molecule has 0 saturated heterocycles. The number of imide groups is 1. The predicted octanol–water partition coefficient (Wildman–Crippen LogP) is 0.852. The Morgan fingerprint density at radius 3 is 2.61 bits per heavy atom. The number of hydrogen-bond donors (Lipinski definition) is 1. The van der Waals surface area contributed by atoms with E-state index in [0.29, 0.717) is 0 Å². The number of methoxy groups -OCH3 is 1. The molecule has 0 aliphatic carbocycles. The molecule has 0 radical (unpaired) electrons. The van der Waals surface area contributed by atoms with Crippen LogP contribution in [0, 0.1) is 10.1 Å². The van der Waals surface area contributed by atoms with Gasteiger partial charge in [0, 0.05) is 23.3 Å². The number of nitrogens with zero attached hydrogens (tertiary/aromatic N) is 1. The van der Waals surface area contributed by atoms with Crippen LogP contribution in [0.5, 0.6) is 0 Å². The third kappa shape index (κ3) is 1.81. The molecule has 0 saturated carbocycles. The second kappa shape index (κ2) is 4.28. The van der Waals surface area contributed by atoms with E-state index in [1.165, 1.54) is 25.3 Å². The molecule has 7 heteroatoms. The van der Waals surface area contributed by atoms with E-state index in [4.69, 9.17) is 4.74 Å². The summed E-state index contributed by atoms with van der Waals surface area (Å²) in [5, 5.41) is 12.8. The molecule has 92 valence electrons. The highest BCUT2D eigenvalue weighted by molar-refractivity contribution is 6.30. The summed E-state index contributed by atoms with van der Waals surface area (Å²) in [5.41, 5.74) is 0.275. The van der Waals surface area contributed by atoms with Crippen LogP contribution >= 0.6 is 0 Å². The molecule has 1 heterocycles. The molecule has 1 aromatic rings. The van der Waals surface area contributed by atoms with E-state index in [2.05, 4.69) is 5.32 Å². The van der Waals surface area contributed by atoms with E-state index in [1.807, 2.05) is 0 Å². The van der Waals surface area contributed by atoms with Gasteiger partial charge in [-0.15, -0.1) is 0 Å². The zero-order valence-electron chi connectivity index (χ0n) is 9.30. The minimum atomic E-state index is -0.644. The van der Waals surface area contributed by atoms with E-state index >= 15 is 0 Å². The van der Waals surface area contributed by atoms with Crippen molar-refractivity contribution in [3.8, 4) is 0 Å². The van der Waals surface area contributed by atoms with Gasteiger partial charge in [-0.1, -0.05) is 0 Å². The third-order valence-corrected chi connectivity index (χ3v) is 2.46. The number of carbonyl (C=O) groups is 2. The first kappa shape index (κ1) is 11.8. The Bertz CT molecular complexity index is 591. The zero-order valence-corrected chi connectivity index (χ0v) is 9.30. The first-order valence-corrected chi connectivity index (χ1v) is 4.92. The first-order chi connectivity index (χ1) is 8.54. The summed E-state index contributed by atoms with van der Waals surface area (Å²) in [6, 6.07) is 3.69. The van der Waals surface area contributed by atoms with Gasteiger partial charge in [0.15, 0.2) is 0 Å². The molecule has 1 N–H and O–H groups in total. The molecule has 0 unspecified atom stereocenters. The van der Waals surface area contributed by atoms with Crippen molar-refractivity contribution < 1.29 is 19.2 Å². The number of ether oxygens (including phenoxy) is 1. The zero-order chi connectivity index (χ0) is 13.3. The molecular formula is C11H8N2O5. The second-order valence-corrected chi connectivity index (χ2v) is 3.54. The molecule has 0 bridgehead atoms. The lowest BCUT2D eigenvalue weighted by atomic mass is 9.95. The standard InChI is InChI=1S/C11H8N2O5/c1-18-5-9-8-4-6(13(16)17)2-3-7(8)10(14)12-11(9)15/h2-5H,1H3,(H,12,14,15)/b9-5+. The van der Waals surface area contributed by atoms with E-state index in [9.17, 15) is 19.7 Å². The SMILES string of the molecule is CO/C=C1/C(=O)NC(=O)c2ccc([N+](=O)[O-])cc21. The summed E-state index contributed by atoms with van der Waals surface area (Å²) in [6.45, 7) is 0. The summed E-state index contributed by atoms with van der Waals surface area (Å²) in [4.78, 5) is 33.2. The van der Waals surface area contributed by atoms with Crippen LogP contribution in [0.3, 0.4) is 0 Å². The van der Waals surface area contributed by atoms with Crippen molar-refractivity contribution in [1.29, 1.82) is 0 Å². The smallest absolute Gasteiger partial charge is 0.270 e. The number of fused-ring (bicyclic) bond motifs is 1. The van der Waals surface area contributed by atoms with Crippen molar-refractivity contribution >= 4 is 23.1 Å². The van der Waals surface area contributed by atoms with Gasteiger partial charge in [-0.3, -0.25) is 25.0 Å². The Morgan fingerprint density at radius 2 is 2.00 bits per heavy atom. The fraction of sp³-hybridized carbons (Fsp3) is 0.0909. The predicted molar refractivity (Wildman–Crippen MR) is 60.6 cm³/mol. The second-order valence-electron chi connectivity index (χ2n) is 3.54. The number of non-ortho nitro benzene ring substituents is 1. The number of nitro groups is 1. The number of nitro benzene ring substituents is 1. The molecule has 1 aliphatic heterocycles. The van der Waals surface area contributed by atoms with Gasteiger partial charge in [0.2, 0.25) is 0 Å². The number of nitrogens with one attached hydrogen (secondary N) is 1. The van der Waals surface area contributed by atoms with Gasteiger partial charge in [0.05, 0.1) is 23.9 Å². The topological polar surface area (TPSA) is 98.5 Å². The number of amides is 2. The first-order valence-electron chi connectivity index (χ1n) is 4.92. The Hall–Kier alpha value is -2.70. The molecule has 2 rings (SSSR count). The third-order valence-electron chi connectivity index (χ3n) is 2.46. The minimum Gasteiger partial charge on any atom is -0.504 e. The molecule has 7 nitrogen and oxygen atoms in total. The lowest BCUT2D eigenvalue weighted by molar-refractivity contribution is -0.384. The number of hydrogen-bond acceptors (Lipinski definition) is 5. The average molecular weight is 248 g/mol. The summed E-state index contributed by atoms with van der Waals surface area (Å²) in [7, 11) is 1.34. The van der Waals surface area contributed by atoms with Gasteiger partial charge in [0.25, 0.3) is 17.5 Å². The molecule has 0 atom stereocenters. The monoisotopic (exact) mass is 248 g/mol. The van der Waals surface area contributed by atoms with Crippen LogP contribution in [-0.2, 0) is 9.53 Å². The quantitative estimate of drug-likeness (QED) is 0.275. The van der Waals surface area contributed by atoms with Crippen LogP contribution in [0.4, 0.5) is 5.69 Å². The van der Waals surface area contributed by atoms with Gasteiger partial charge >= 0.3 is 0 Å². The lowest BCUT2D eigenvalue weighted by Gasteiger charge is -2.17. The Balaban J connectivity index is 2.66. The van der Waals surface area contributed by atoms with Crippen LogP contribution in [0.2, 0.25) is 0 Å². The number of rotatable bonds is 2. The lowest BCUT2D eigenvalue weighted by Crippen LogP contribution is -2.36. The molecule has 0 fully saturated rings. The number of benzene rings is 1. The van der Waals surface area contributed by atoms with E-state index in [-0.39, 0.29) is 22.4 Å². The maximum Gasteiger partial charge on any atom is 0.270 e. The Morgan fingerprint density at radius 1 is 1.28 bits per heavy atom. The maximum absolute atomic E-state index is 11.6. The van der Waals surface area contributed by atoms with Gasteiger partial charge in [-0.25, -0.2) is 0 Å². The summed E-state index contributed by atoms with van der Waals surface area (Å²) in [5.74, 6) is -1.23. The molecule has 0 aromatic heterocycles. The molecule has 18 heavy (non-hydrogen) atoms. The highest BCUT2D eigenvalue weighted by atomic mass is 16.6. The van der Waals surface area contributed by atoms with Gasteiger partial charge in [-0.05, 0) is 6.07 Å². The van der Waals surface area contributed by atoms with Crippen molar-refractivity contribution in [1.82, 2.24) is 5.32 Å². The van der Waals surface area contributed by atoms with Crippen LogP contribution in [0.15, 0.2) is 24.5 Å². The fourth-order valence-electron chi connectivity index (χ4n) is 1.66. The molecular weight excluding hydrogens is 240 g/mol. The molecule has 2 amide bonds. The van der Waals surface area contributed by atoms with Crippen LogP contribution in [0.1, 0.15) is 15.9 Å². The van der Waals surface area contributed by atoms with Crippen molar-refractivity contribution in [2.24, 2.45) is 0 Å². The van der Waals surface area contributed by atoms with E-state index in [1.54, 1.807) is 0 Å². The maximum atomic E-state index is 11.6. The minimum absolute atomic E-state index is 0.0794. The summed E-state index contributed by atoms with van der Waals surface area (Å²) >= 11 is 0. The summed E-state index contributed by atoms with van der Waals surface area (Å²) < 4.78 is 4.74. The van der Waals surface area contributed by atoms with E-state index in [0.717, 1.165) is 6.26 Å². The van der Waals surface area contributed by atoms with Gasteiger partial charge < -0.3 is 4.74 Å². The van der Waals surface area contributed by atoms with Crippen LogP contribution < -0.4 is 5.32 Å². The Kier molecular flexibility index (Phi) is 2.80. The van der Waals surface area contributed by atoms with Crippen molar-refractivity contribution in [3.05, 3.63) is 45.7 Å². The Labute approximate surface area is 101 Å². The van der Waals surface area contributed by atoms with Crippen LogP contribution in [0.25, 0.3) is 5.57 Å². The molecule has 0 spiro atoms. The van der Waals surface area contributed by atoms with Crippen molar-refractivity contribution in [2.45, 2.75) is 0 Å². The largest absolute Gasteiger partial charge is 0.504 e. The number of carbonyl (C=O) groups excluding carboxylic acids is 2. The van der Waals surface area contributed by atoms with Crippen molar-refractivity contribution in [2.75, 3.05) is 7.11 Å². The van der Waals surface area contributed by atoms with Gasteiger partial charge in [0.1, 0.15) is 0 Å². The normalized spacial score (nSPS) is 16.2.